The minimum Gasteiger partial charge on any atom is -0.493 e. The second-order valence-corrected chi connectivity index (χ2v) is 6.88. The third kappa shape index (κ3) is 2.20. The normalized spacial score (nSPS) is 35.2. The Balaban J connectivity index is 2.07. The average molecular weight is 305 g/mol. The van der Waals surface area contributed by atoms with Crippen molar-refractivity contribution in [3.8, 4) is 11.5 Å². The molecule has 2 fully saturated rings. The zero-order valence-corrected chi connectivity index (χ0v) is 14.0. The molecule has 4 nitrogen and oxygen atoms in total. The highest BCUT2D eigenvalue weighted by Gasteiger charge is 2.54. The van der Waals surface area contributed by atoms with Crippen LogP contribution in [-0.4, -0.2) is 50.0 Å². The van der Waals surface area contributed by atoms with Gasteiger partial charge in [-0.1, -0.05) is 13.0 Å². The zero-order chi connectivity index (χ0) is 15.9. The van der Waals surface area contributed by atoms with Crippen LogP contribution in [0.15, 0.2) is 18.2 Å². The summed E-state index contributed by atoms with van der Waals surface area (Å²) in [6.07, 6.45) is 2.68. The Morgan fingerprint density at radius 2 is 1.91 bits per heavy atom. The van der Waals surface area contributed by atoms with Crippen molar-refractivity contribution in [2.45, 2.75) is 43.7 Å². The van der Waals surface area contributed by atoms with Gasteiger partial charge in [-0.05, 0) is 56.5 Å². The average Bonchev–Trinajstić information content (AvgIpc) is 2.85. The molecule has 0 bridgehead atoms. The molecule has 22 heavy (non-hydrogen) atoms. The third-order valence-corrected chi connectivity index (χ3v) is 5.93. The number of nitrogens with zero attached hydrogens (tertiary/aromatic N) is 1. The lowest BCUT2D eigenvalue weighted by molar-refractivity contribution is 0.0226. The van der Waals surface area contributed by atoms with E-state index in [1.54, 1.807) is 14.2 Å². The molecule has 3 rings (SSSR count). The Kier molecular flexibility index (Phi) is 4.08. The van der Waals surface area contributed by atoms with Gasteiger partial charge in [0.15, 0.2) is 11.5 Å². The maximum atomic E-state index is 10.2. The van der Waals surface area contributed by atoms with Crippen LogP contribution in [0, 0.1) is 5.92 Å². The summed E-state index contributed by atoms with van der Waals surface area (Å²) in [6.45, 7) is 3.36. The third-order valence-electron chi connectivity index (χ3n) is 5.93. The van der Waals surface area contributed by atoms with Crippen LogP contribution in [-0.2, 0) is 5.41 Å². The molecule has 0 radical (unpaired) electrons. The maximum Gasteiger partial charge on any atom is 0.161 e. The molecule has 0 unspecified atom stereocenters. The van der Waals surface area contributed by atoms with Crippen LogP contribution in [0.4, 0.5) is 0 Å². The van der Waals surface area contributed by atoms with E-state index in [-0.39, 0.29) is 11.5 Å². The SMILES string of the molecule is COc1ccc([C@]23CCN(C)[C@H]2C[C@H](O)C[C@@H]3C)cc1OC. The molecule has 1 N–H and O–H groups in total. The first-order chi connectivity index (χ1) is 10.5. The van der Waals surface area contributed by atoms with Crippen LogP contribution in [0.1, 0.15) is 31.7 Å². The monoisotopic (exact) mass is 305 g/mol. The van der Waals surface area contributed by atoms with E-state index in [0.29, 0.717) is 12.0 Å². The molecule has 0 amide bonds. The summed E-state index contributed by atoms with van der Waals surface area (Å²) >= 11 is 0. The summed E-state index contributed by atoms with van der Waals surface area (Å²) in [6, 6.07) is 6.72. The van der Waals surface area contributed by atoms with Crippen molar-refractivity contribution in [1.29, 1.82) is 0 Å². The van der Waals surface area contributed by atoms with Crippen molar-refractivity contribution < 1.29 is 14.6 Å². The van der Waals surface area contributed by atoms with Crippen molar-refractivity contribution in [3.63, 3.8) is 0 Å². The van der Waals surface area contributed by atoms with Gasteiger partial charge in [0.05, 0.1) is 20.3 Å². The molecule has 4 heteroatoms. The highest BCUT2D eigenvalue weighted by Crippen LogP contribution is 2.52. The molecule has 1 saturated heterocycles. The van der Waals surface area contributed by atoms with E-state index in [2.05, 4.69) is 31.0 Å². The fourth-order valence-electron chi connectivity index (χ4n) is 4.76. The smallest absolute Gasteiger partial charge is 0.161 e. The molecule has 1 aliphatic heterocycles. The number of rotatable bonds is 3. The van der Waals surface area contributed by atoms with Gasteiger partial charge in [-0.25, -0.2) is 0 Å². The van der Waals surface area contributed by atoms with E-state index >= 15 is 0 Å². The number of aliphatic hydroxyl groups excluding tert-OH is 1. The molecule has 1 saturated carbocycles. The molecule has 122 valence electrons. The van der Waals surface area contributed by atoms with Gasteiger partial charge in [-0.3, -0.25) is 0 Å². The Hall–Kier alpha value is -1.26. The zero-order valence-electron chi connectivity index (χ0n) is 14.0. The molecule has 0 aromatic heterocycles. The van der Waals surface area contributed by atoms with Gasteiger partial charge in [0.25, 0.3) is 0 Å². The summed E-state index contributed by atoms with van der Waals surface area (Å²) in [4.78, 5) is 2.41. The minimum absolute atomic E-state index is 0.105. The van der Waals surface area contributed by atoms with Crippen molar-refractivity contribution in [3.05, 3.63) is 23.8 Å². The summed E-state index contributed by atoms with van der Waals surface area (Å²) < 4.78 is 10.9. The van der Waals surface area contributed by atoms with Crippen molar-refractivity contribution in [1.82, 2.24) is 4.90 Å². The van der Waals surface area contributed by atoms with Crippen LogP contribution in [0.5, 0.6) is 11.5 Å². The number of methoxy groups -OCH3 is 2. The number of hydrogen-bond donors (Lipinski definition) is 1. The van der Waals surface area contributed by atoms with E-state index < -0.39 is 0 Å². The lowest BCUT2D eigenvalue weighted by Crippen LogP contribution is -2.52. The van der Waals surface area contributed by atoms with Gasteiger partial charge in [-0.15, -0.1) is 0 Å². The molecule has 1 aromatic rings. The standard InChI is InChI=1S/C18H27NO3/c1-12-9-14(20)11-17-18(12,7-8-19(17)2)13-5-6-15(21-3)16(10-13)22-4/h5-6,10,12,14,17,20H,7-9,11H2,1-4H3/t12-,14+,17-,18+/m0/s1. The van der Waals surface area contributed by atoms with E-state index in [9.17, 15) is 5.11 Å². The Bertz CT molecular complexity index is 547. The Labute approximate surface area is 133 Å². The number of likely N-dealkylation sites (tertiary alicyclic amines) is 1. The summed E-state index contributed by atoms with van der Waals surface area (Å²) in [5.74, 6) is 2.01. The molecule has 1 aliphatic carbocycles. The highest BCUT2D eigenvalue weighted by molar-refractivity contribution is 5.47. The summed E-state index contributed by atoms with van der Waals surface area (Å²) in [5.41, 5.74) is 1.42. The molecule has 0 spiro atoms. The topological polar surface area (TPSA) is 41.9 Å². The second-order valence-electron chi connectivity index (χ2n) is 6.88. The lowest BCUT2D eigenvalue weighted by Gasteiger charge is -2.48. The Morgan fingerprint density at radius 3 is 2.59 bits per heavy atom. The minimum atomic E-state index is -0.186. The predicted octanol–water partition coefficient (Wildman–Crippen LogP) is 2.44. The van der Waals surface area contributed by atoms with Crippen LogP contribution in [0.25, 0.3) is 0 Å². The molecule has 1 aromatic carbocycles. The number of fused-ring (bicyclic) bond motifs is 1. The second kappa shape index (κ2) is 5.74. The van der Waals surface area contributed by atoms with Gasteiger partial charge in [0.2, 0.25) is 0 Å². The predicted molar refractivity (Wildman–Crippen MR) is 86.7 cm³/mol. The van der Waals surface area contributed by atoms with Gasteiger partial charge in [0.1, 0.15) is 0 Å². The van der Waals surface area contributed by atoms with Crippen LogP contribution in [0.3, 0.4) is 0 Å². The van der Waals surface area contributed by atoms with Crippen molar-refractivity contribution in [2.24, 2.45) is 5.92 Å². The first-order valence-electron chi connectivity index (χ1n) is 8.13. The molecular weight excluding hydrogens is 278 g/mol. The largest absolute Gasteiger partial charge is 0.493 e. The number of hydrogen-bond acceptors (Lipinski definition) is 4. The summed E-state index contributed by atoms with van der Waals surface area (Å²) in [7, 11) is 5.53. The van der Waals surface area contributed by atoms with Crippen LogP contribution < -0.4 is 9.47 Å². The Morgan fingerprint density at radius 1 is 1.18 bits per heavy atom. The maximum absolute atomic E-state index is 10.2. The van der Waals surface area contributed by atoms with E-state index in [1.807, 2.05) is 6.07 Å². The fourth-order valence-corrected chi connectivity index (χ4v) is 4.76. The number of benzene rings is 1. The van der Waals surface area contributed by atoms with Crippen molar-refractivity contribution in [2.75, 3.05) is 27.8 Å². The molecule has 2 aliphatic rings. The fraction of sp³-hybridized carbons (Fsp3) is 0.667. The molecule has 4 atom stereocenters. The molecule has 1 heterocycles. The van der Waals surface area contributed by atoms with Crippen LogP contribution >= 0.6 is 0 Å². The first-order valence-corrected chi connectivity index (χ1v) is 8.13. The lowest BCUT2D eigenvalue weighted by atomic mass is 9.60. The van der Waals surface area contributed by atoms with Crippen molar-refractivity contribution >= 4 is 0 Å². The van der Waals surface area contributed by atoms with E-state index in [0.717, 1.165) is 37.3 Å². The van der Waals surface area contributed by atoms with Gasteiger partial charge in [0, 0.05) is 11.5 Å². The van der Waals surface area contributed by atoms with Gasteiger partial charge in [-0.2, -0.15) is 0 Å². The number of ether oxygens (including phenoxy) is 2. The van der Waals surface area contributed by atoms with Crippen LogP contribution in [0.2, 0.25) is 0 Å². The first kappa shape index (κ1) is 15.6. The van der Waals surface area contributed by atoms with E-state index in [1.165, 1.54) is 5.56 Å². The number of aliphatic hydroxyl groups is 1. The quantitative estimate of drug-likeness (QED) is 0.931. The van der Waals surface area contributed by atoms with Gasteiger partial charge < -0.3 is 19.5 Å². The van der Waals surface area contributed by atoms with E-state index in [4.69, 9.17) is 9.47 Å². The number of likely N-dealkylation sites (N-methyl/N-ethyl adjacent to an activating group) is 1. The molecular formula is C18H27NO3. The summed E-state index contributed by atoms with van der Waals surface area (Å²) in [5, 5.41) is 10.2. The van der Waals surface area contributed by atoms with Gasteiger partial charge >= 0.3 is 0 Å². The highest BCUT2D eigenvalue weighted by atomic mass is 16.5.